The summed E-state index contributed by atoms with van der Waals surface area (Å²) in [6, 6.07) is 4.73. The molecule has 1 aliphatic heterocycles. The fraction of sp³-hybridized carbons (Fsp3) is 0.350. The molecule has 170 valence electrons. The molecule has 3 aromatic heterocycles. The van der Waals surface area contributed by atoms with Crippen molar-refractivity contribution in [3.63, 3.8) is 0 Å². The molecular weight excluding hydrogens is 432 g/mol. The number of aliphatic hydroxyl groups excluding tert-OH is 1. The van der Waals surface area contributed by atoms with Crippen molar-refractivity contribution >= 4 is 0 Å². The van der Waals surface area contributed by atoms with Crippen LogP contribution >= 0.6 is 0 Å². The SMILES string of the molecule is NC(O)c1cc(-c2cnn(C(F)F)c2)c2c(n1)CN(Cc1ccnc(OC(F)F)c1)CC2. The van der Waals surface area contributed by atoms with Crippen molar-refractivity contribution in [3.8, 4) is 17.0 Å². The van der Waals surface area contributed by atoms with Crippen molar-refractivity contribution in [2.24, 2.45) is 5.73 Å². The minimum absolute atomic E-state index is 0.167. The number of nitrogens with zero attached hydrogens (tertiary/aromatic N) is 5. The predicted octanol–water partition coefficient (Wildman–Crippen LogP) is 2.84. The Bertz CT molecular complexity index is 1090. The van der Waals surface area contributed by atoms with Crippen LogP contribution in [0.3, 0.4) is 0 Å². The van der Waals surface area contributed by atoms with E-state index < -0.39 is 19.4 Å². The zero-order valence-corrected chi connectivity index (χ0v) is 16.7. The molecule has 0 aromatic carbocycles. The topological polar surface area (TPSA) is 102 Å². The van der Waals surface area contributed by atoms with Gasteiger partial charge in [0.15, 0.2) is 0 Å². The Morgan fingerprint density at radius 2 is 2.03 bits per heavy atom. The van der Waals surface area contributed by atoms with Crippen LogP contribution in [-0.2, 0) is 19.5 Å². The van der Waals surface area contributed by atoms with E-state index in [1.54, 1.807) is 12.1 Å². The molecule has 0 radical (unpaired) electrons. The molecule has 0 saturated heterocycles. The summed E-state index contributed by atoms with van der Waals surface area (Å²) < 4.78 is 55.7. The first-order valence-corrected chi connectivity index (χ1v) is 9.71. The average molecular weight is 452 g/mol. The number of halogens is 4. The Kier molecular flexibility index (Phi) is 6.35. The van der Waals surface area contributed by atoms with Gasteiger partial charge < -0.3 is 15.6 Å². The van der Waals surface area contributed by atoms with E-state index in [1.165, 1.54) is 24.7 Å². The van der Waals surface area contributed by atoms with Gasteiger partial charge in [-0.15, -0.1) is 0 Å². The first-order valence-electron chi connectivity index (χ1n) is 9.71. The van der Waals surface area contributed by atoms with E-state index >= 15 is 0 Å². The summed E-state index contributed by atoms with van der Waals surface area (Å²) in [4.78, 5) is 10.3. The Morgan fingerprint density at radius 1 is 1.22 bits per heavy atom. The van der Waals surface area contributed by atoms with Crippen LogP contribution in [0.1, 0.15) is 35.3 Å². The summed E-state index contributed by atoms with van der Waals surface area (Å²) in [5, 5.41) is 13.6. The summed E-state index contributed by atoms with van der Waals surface area (Å²) in [6.07, 6.45) is 3.19. The lowest BCUT2D eigenvalue weighted by molar-refractivity contribution is -0.0529. The maximum Gasteiger partial charge on any atom is 0.388 e. The molecule has 0 amide bonds. The van der Waals surface area contributed by atoms with E-state index in [0.29, 0.717) is 47.6 Å². The molecule has 8 nitrogen and oxygen atoms in total. The lowest BCUT2D eigenvalue weighted by Gasteiger charge is -2.30. The molecule has 12 heteroatoms. The molecule has 3 N–H and O–H groups in total. The molecule has 3 aromatic rings. The molecule has 0 fully saturated rings. The van der Waals surface area contributed by atoms with Gasteiger partial charge in [0.1, 0.15) is 6.23 Å². The van der Waals surface area contributed by atoms with Gasteiger partial charge in [-0.1, -0.05) is 0 Å². The molecule has 0 bridgehead atoms. The summed E-state index contributed by atoms with van der Waals surface area (Å²) in [5.74, 6) is -0.167. The quantitative estimate of drug-likeness (QED) is 0.420. The Balaban J connectivity index is 1.60. The summed E-state index contributed by atoms with van der Waals surface area (Å²) in [5.41, 5.74) is 9.18. The number of hydrogen-bond acceptors (Lipinski definition) is 7. The molecule has 32 heavy (non-hydrogen) atoms. The second kappa shape index (κ2) is 9.18. The summed E-state index contributed by atoms with van der Waals surface area (Å²) in [6.45, 7) is -4.30. The van der Waals surface area contributed by atoms with Crippen molar-refractivity contribution in [1.82, 2.24) is 24.6 Å². The average Bonchev–Trinajstić information content (AvgIpc) is 3.23. The number of ether oxygens (including phenoxy) is 1. The molecule has 0 spiro atoms. The first kappa shape index (κ1) is 22.1. The van der Waals surface area contributed by atoms with Crippen molar-refractivity contribution in [2.45, 2.75) is 38.9 Å². The number of aliphatic hydroxyl groups is 1. The maximum atomic E-state index is 13.0. The predicted molar refractivity (Wildman–Crippen MR) is 105 cm³/mol. The molecule has 1 atom stereocenters. The molecule has 4 rings (SSSR count). The van der Waals surface area contributed by atoms with Crippen LogP contribution in [0.4, 0.5) is 17.6 Å². The summed E-state index contributed by atoms with van der Waals surface area (Å²) >= 11 is 0. The number of fused-ring (bicyclic) bond motifs is 1. The van der Waals surface area contributed by atoms with Gasteiger partial charge >= 0.3 is 13.2 Å². The zero-order chi connectivity index (χ0) is 22.8. The van der Waals surface area contributed by atoms with Crippen molar-refractivity contribution in [2.75, 3.05) is 6.54 Å². The highest BCUT2D eigenvalue weighted by Crippen LogP contribution is 2.32. The van der Waals surface area contributed by atoms with Crippen LogP contribution in [0, 0.1) is 0 Å². The van der Waals surface area contributed by atoms with Crippen LogP contribution in [0.25, 0.3) is 11.1 Å². The van der Waals surface area contributed by atoms with Crippen LogP contribution in [0.5, 0.6) is 5.88 Å². The van der Waals surface area contributed by atoms with Crippen molar-refractivity contribution < 1.29 is 27.4 Å². The van der Waals surface area contributed by atoms with Crippen LogP contribution in [0.15, 0.2) is 36.8 Å². The number of rotatable bonds is 7. The lowest BCUT2D eigenvalue weighted by Crippen LogP contribution is -2.32. The van der Waals surface area contributed by atoms with Crippen LogP contribution in [0.2, 0.25) is 0 Å². The second-order valence-electron chi connectivity index (χ2n) is 7.29. The maximum absolute atomic E-state index is 13.0. The lowest BCUT2D eigenvalue weighted by atomic mass is 9.94. The molecule has 1 unspecified atom stereocenters. The number of pyridine rings is 2. The van der Waals surface area contributed by atoms with Gasteiger partial charge in [-0.05, 0) is 35.2 Å². The van der Waals surface area contributed by atoms with Gasteiger partial charge in [-0.2, -0.15) is 22.7 Å². The van der Waals surface area contributed by atoms with E-state index in [4.69, 9.17) is 5.73 Å². The monoisotopic (exact) mass is 452 g/mol. The van der Waals surface area contributed by atoms with Gasteiger partial charge in [-0.25, -0.2) is 9.67 Å². The number of nitrogens with two attached hydrogens (primary N) is 1. The highest BCUT2D eigenvalue weighted by molar-refractivity contribution is 5.68. The second-order valence-corrected chi connectivity index (χ2v) is 7.29. The Hall–Kier alpha value is -3.09. The third-order valence-corrected chi connectivity index (χ3v) is 5.11. The fourth-order valence-electron chi connectivity index (χ4n) is 3.71. The van der Waals surface area contributed by atoms with E-state index in [0.717, 1.165) is 11.1 Å². The zero-order valence-electron chi connectivity index (χ0n) is 16.7. The van der Waals surface area contributed by atoms with E-state index in [-0.39, 0.29) is 11.6 Å². The van der Waals surface area contributed by atoms with Crippen molar-refractivity contribution in [3.05, 3.63) is 59.3 Å². The van der Waals surface area contributed by atoms with E-state index in [1.807, 2.05) is 4.90 Å². The first-order chi connectivity index (χ1) is 15.3. The minimum atomic E-state index is -2.96. The number of alkyl halides is 4. The minimum Gasteiger partial charge on any atom is -0.417 e. The van der Waals surface area contributed by atoms with E-state index in [9.17, 15) is 22.7 Å². The highest BCUT2D eigenvalue weighted by atomic mass is 19.3. The van der Waals surface area contributed by atoms with E-state index in [2.05, 4.69) is 19.8 Å². The molecule has 0 saturated carbocycles. The van der Waals surface area contributed by atoms with Gasteiger partial charge in [0.25, 0.3) is 0 Å². The molecule has 0 aliphatic carbocycles. The highest BCUT2D eigenvalue weighted by Gasteiger charge is 2.24. The van der Waals surface area contributed by atoms with Crippen molar-refractivity contribution in [1.29, 1.82) is 0 Å². The molecular formula is C20H20F4N6O2. The van der Waals surface area contributed by atoms with Crippen LogP contribution < -0.4 is 10.5 Å². The fourth-order valence-corrected chi connectivity index (χ4v) is 3.71. The number of hydrogen-bond donors (Lipinski definition) is 2. The van der Waals surface area contributed by atoms with Gasteiger partial charge in [0, 0.05) is 43.7 Å². The smallest absolute Gasteiger partial charge is 0.388 e. The molecule has 4 heterocycles. The third kappa shape index (κ3) is 4.87. The van der Waals surface area contributed by atoms with Crippen LogP contribution in [-0.4, -0.2) is 42.9 Å². The number of aromatic nitrogens is 4. The van der Waals surface area contributed by atoms with Gasteiger partial charge in [0.2, 0.25) is 5.88 Å². The largest absolute Gasteiger partial charge is 0.417 e. The normalized spacial score (nSPS) is 15.2. The standard InChI is InChI=1S/C20H20F4N6O2/c21-19(22)30-9-12(7-27-30)14-6-15(18(25)31)28-16-10-29(4-2-13(14)16)8-11-1-3-26-17(5-11)32-20(23)24/h1,3,5-7,9,18-20,31H,2,4,8,10,25H2. The van der Waals surface area contributed by atoms with Gasteiger partial charge in [-0.3, -0.25) is 9.88 Å². The van der Waals surface area contributed by atoms with Gasteiger partial charge in [0.05, 0.1) is 17.6 Å². The Morgan fingerprint density at radius 3 is 2.72 bits per heavy atom. The third-order valence-electron chi connectivity index (χ3n) is 5.11. The molecule has 1 aliphatic rings. The Labute approximate surface area is 180 Å². The summed E-state index contributed by atoms with van der Waals surface area (Å²) in [7, 11) is 0.